The zero-order valence-electron chi connectivity index (χ0n) is 9.78. The van der Waals surface area contributed by atoms with E-state index in [0.717, 1.165) is 11.1 Å². The maximum absolute atomic E-state index is 11.2. The molecule has 0 aliphatic carbocycles. The van der Waals surface area contributed by atoms with E-state index in [2.05, 4.69) is 6.58 Å². The van der Waals surface area contributed by atoms with Crippen LogP contribution in [0.2, 0.25) is 0 Å². The summed E-state index contributed by atoms with van der Waals surface area (Å²) < 4.78 is 0. The van der Waals surface area contributed by atoms with Gasteiger partial charge in [-0.1, -0.05) is 6.08 Å². The number of hydrogen-bond acceptors (Lipinski definition) is 2. The van der Waals surface area contributed by atoms with Crippen molar-refractivity contribution in [3.63, 3.8) is 0 Å². The van der Waals surface area contributed by atoms with Crippen LogP contribution >= 0.6 is 0 Å². The molecule has 90 valence electrons. The molecular formula is C13H14O4. The zero-order chi connectivity index (χ0) is 13.2. The van der Waals surface area contributed by atoms with Gasteiger partial charge in [-0.3, -0.25) is 0 Å². The Bertz CT molecular complexity index is 501. The van der Waals surface area contributed by atoms with Gasteiger partial charge in [0.15, 0.2) is 0 Å². The predicted octanol–water partition coefficient (Wildman–Crippen LogP) is 2.43. The molecule has 0 aromatic heterocycles. The van der Waals surface area contributed by atoms with E-state index in [4.69, 9.17) is 10.2 Å². The molecule has 4 nitrogen and oxygen atoms in total. The molecule has 0 fully saturated rings. The molecule has 0 saturated carbocycles. The van der Waals surface area contributed by atoms with E-state index in [1.165, 1.54) is 6.07 Å². The molecule has 4 heteroatoms. The highest BCUT2D eigenvalue weighted by Gasteiger charge is 2.22. The molecule has 0 bridgehead atoms. The predicted molar refractivity (Wildman–Crippen MR) is 63.7 cm³/mol. The molecule has 1 aromatic rings. The van der Waals surface area contributed by atoms with Crippen LogP contribution in [-0.4, -0.2) is 22.2 Å². The summed E-state index contributed by atoms with van der Waals surface area (Å²) in [5.41, 5.74) is 1.78. The molecule has 0 heterocycles. The molecule has 1 aromatic carbocycles. The van der Waals surface area contributed by atoms with Crippen molar-refractivity contribution in [2.24, 2.45) is 0 Å². The minimum absolute atomic E-state index is 0.138. The Labute approximate surface area is 99.2 Å². The standard InChI is InChI=1S/C13H14O4/c1-4-5-9-8(3)7(2)6-10(12(14)15)11(9)13(16)17/h4,6H,1,5H2,2-3H3,(H,14,15)(H,16,17). The lowest BCUT2D eigenvalue weighted by Crippen LogP contribution is -2.13. The number of allylic oxidation sites excluding steroid dienone is 1. The van der Waals surface area contributed by atoms with Crippen LogP contribution < -0.4 is 0 Å². The normalized spacial score (nSPS) is 10.0. The lowest BCUT2D eigenvalue weighted by atomic mass is 9.91. The second-order valence-corrected chi connectivity index (χ2v) is 3.82. The molecule has 2 N–H and O–H groups in total. The third kappa shape index (κ3) is 2.36. The first kappa shape index (κ1) is 13.0. The Hall–Kier alpha value is -2.10. The van der Waals surface area contributed by atoms with E-state index >= 15 is 0 Å². The Morgan fingerprint density at radius 2 is 1.88 bits per heavy atom. The summed E-state index contributed by atoms with van der Waals surface area (Å²) in [4.78, 5) is 22.2. The van der Waals surface area contributed by atoms with Gasteiger partial charge in [-0.15, -0.1) is 6.58 Å². The number of aromatic carboxylic acids is 2. The first-order chi connectivity index (χ1) is 7.90. The van der Waals surface area contributed by atoms with Crippen molar-refractivity contribution >= 4 is 11.9 Å². The molecule has 1 rings (SSSR count). The largest absolute Gasteiger partial charge is 0.478 e. The zero-order valence-corrected chi connectivity index (χ0v) is 9.78. The van der Waals surface area contributed by atoms with E-state index in [1.54, 1.807) is 19.9 Å². The minimum Gasteiger partial charge on any atom is -0.478 e. The number of carboxylic acid groups (broad SMARTS) is 2. The number of carboxylic acids is 2. The van der Waals surface area contributed by atoms with Gasteiger partial charge in [0.2, 0.25) is 0 Å². The lowest BCUT2D eigenvalue weighted by Gasteiger charge is -2.13. The first-order valence-corrected chi connectivity index (χ1v) is 5.10. The summed E-state index contributed by atoms with van der Waals surface area (Å²) >= 11 is 0. The third-order valence-corrected chi connectivity index (χ3v) is 2.77. The van der Waals surface area contributed by atoms with Crippen LogP contribution in [0.1, 0.15) is 37.4 Å². The van der Waals surface area contributed by atoms with Gasteiger partial charge < -0.3 is 10.2 Å². The highest BCUT2D eigenvalue weighted by Crippen LogP contribution is 2.24. The molecule has 0 saturated heterocycles. The highest BCUT2D eigenvalue weighted by atomic mass is 16.4. The van der Waals surface area contributed by atoms with Gasteiger partial charge in [-0.2, -0.15) is 0 Å². The fourth-order valence-electron chi connectivity index (χ4n) is 1.80. The molecule has 0 aliphatic rings. The molecule has 0 atom stereocenters. The second-order valence-electron chi connectivity index (χ2n) is 3.82. The van der Waals surface area contributed by atoms with Gasteiger partial charge in [-0.05, 0) is 43.0 Å². The van der Waals surface area contributed by atoms with Gasteiger partial charge in [0.25, 0.3) is 0 Å². The van der Waals surface area contributed by atoms with E-state index < -0.39 is 11.9 Å². The third-order valence-electron chi connectivity index (χ3n) is 2.77. The highest BCUT2D eigenvalue weighted by molar-refractivity contribution is 6.03. The van der Waals surface area contributed by atoms with Crippen molar-refractivity contribution in [1.29, 1.82) is 0 Å². The van der Waals surface area contributed by atoms with Crippen molar-refractivity contribution in [1.82, 2.24) is 0 Å². The molecule has 0 radical (unpaired) electrons. The Kier molecular flexibility index (Phi) is 3.68. The van der Waals surface area contributed by atoms with Gasteiger partial charge in [0.1, 0.15) is 0 Å². The maximum atomic E-state index is 11.2. The summed E-state index contributed by atoms with van der Waals surface area (Å²) in [7, 11) is 0. The summed E-state index contributed by atoms with van der Waals surface area (Å²) in [6.45, 7) is 7.11. The van der Waals surface area contributed by atoms with Crippen molar-refractivity contribution in [2.75, 3.05) is 0 Å². The van der Waals surface area contributed by atoms with Gasteiger partial charge in [-0.25, -0.2) is 9.59 Å². The summed E-state index contributed by atoms with van der Waals surface area (Å²) in [6, 6.07) is 1.40. The summed E-state index contributed by atoms with van der Waals surface area (Å²) in [6.07, 6.45) is 1.91. The van der Waals surface area contributed by atoms with Crippen molar-refractivity contribution in [2.45, 2.75) is 20.3 Å². The van der Waals surface area contributed by atoms with E-state index in [1.807, 2.05) is 0 Å². The topological polar surface area (TPSA) is 74.6 Å². The van der Waals surface area contributed by atoms with Crippen LogP contribution in [0.4, 0.5) is 0 Å². The molecule has 0 aliphatic heterocycles. The first-order valence-electron chi connectivity index (χ1n) is 5.10. The van der Waals surface area contributed by atoms with Crippen LogP contribution in [-0.2, 0) is 6.42 Å². The molecule has 17 heavy (non-hydrogen) atoms. The maximum Gasteiger partial charge on any atom is 0.336 e. The quantitative estimate of drug-likeness (QED) is 0.784. The van der Waals surface area contributed by atoms with Crippen LogP contribution in [0.3, 0.4) is 0 Å². The van der Waals surface area contributed by atoms with Crippen LogP contribution in [0.15, 0.2) is 18.7 Å². The number of rotatable bonds is 4. The van der Waals surface area contributed by atoms with Crippen molar-refractivity contribution < 1.29 is 19.8 Å². The fraction of sp³-hybridized carbons (Fsp3) is 0.231. The summed E-state index contributed by atoms with van der Waals surface area (Å²) in [5.74, 6) is -2.45. The SMILES string of the molecule is C=CCc1c(C)c(C)cc(C(=O)O)c1C(=O)O. The fourth-order valence-corrected chi connectivity index (χ4v) is 1.80. The molecule has 0 amide bonds. The Morgan fingerprint density at radius 1 is 1.29 bits per heavy atom. The number of carbonyl (C=O) groups is 2. The molecule has 0 spiro atoms. The van der Waals surface area contributed by atoms with E-state index in [9.17, 15) is 9.59 Å². The number of hydrogen-bond donors (Lipinski definition) is 2. The van der Waals surface area contributed by atoms with E-state index in [0.29, 0.717) is 12.0 Å². The van der Waals surface area contributed by atoms with Crippen LogP contribution in [0.5, 0.6) is 0 Å². The van der Waals surface area contributed by atoms with Gasteiger partial charge in [0, 0.05) is 0 Å². The molecular weight excluding hydrogens is 220 g/mol. The average Bonchev–Trinajstić information content (AvgIpc) is 2.23. The minimum atomic E-state index is -1.23. The Morgan fingerprint density at radius 3 is 2.29 bits per heavy atom. The summed E-state index contributed by atoms with van der Waals surface area (Å²) in [5, 5.41) is 18.2. The average molecular weight is 234 g/mol. The van der Waals surface area contributed by atoms with E-state index in [-0.39, 0.29) is 11.1 Å². The smallest absolute Gasteiger partial charge is 0.336 e. The number of aryl methyl sites for hydroxylation is 1. The molecule has 0 unspecified atom stereocenters. The van der Waals surface area contributed by atoms with Crippen molar-refractivity contribution in [3.8, 4) is 0 Å². The van der Waals surface area contributed by atoms with Crippen LogP contribution in [0, 0.1) is 13.8 Å². The Balaban J connectivity index is 3.69. The van der Waals surface area contributed by atoms with Gasteiger partial charge >= 0.3 is 11.9 Å². The van der Waals surface area contributed by atoms with Crippen molar-refractivity contribution in [3.05, 3.63) is 46.5 Å². The second kappa shape index (κ2) is 4.82. The van der Waals surface area contributed by atoms with Crippen LogP contribution in [0.25, 0.3) is 0 Å². The number of benzene rings is 1. The van der Waals surface area contributed by atoms with Gasteiger partial charge in [0.05, 0.1) is 11.1 Å². The monoisotopic (exact) mass is 234 g/mol. The lowest BCUT2D eigenvalue weighted by molar-refractivity contribution is 0.0650.